The molecule has 1 aromatic rings. The summed E-state index contributed by atoms with van der Waals surface area (Å²) >= 11 is 0. The van der Waals surface area contributed by atoms with Crippen LogP contribution in [0.25, 0.3) is 0 Å². The quantitative estimate of drug-likeness (QED) is 0.864. The van der Waals surface area contributed by atoms with Crippen LogP contribution in [0.5, 0.6) is 5.75 Å². The fourth-order valence-corrected chi connectivity index (χ4v) is 3.51. The molecule has 0 aliphatic carbocycles. The number of hydrogen-bond acceptors (Lipinski definition) is 4. The first-order valence-electron chi connectivity index (χ1n) is 6.40. The summed E-state index contributed by atoms with van der Waals surface area (Å²) in [5, 5.41) is 3.21. The molecular formula is C13H20N2O3S. The number of hydrogen-bond donors (Lipinski definition) is 2. The lowest BCUT2D eigenvalue weighted by Crippen LogP contribution is -2.50. The van der Waals surface area contributed by atoms with Gasteiger partial charge in [0, 0.05) is 12.6 Å². The molecule has 0 unspecified atom stereocenters. The van der Waals surface area contributed by atoms with Gasteiger partial charge in [-0.15, -0.1) is 0 Å². The van der Waals surface area contributed by atoms with E-state index < -0.39 is 10.0 Å². The highest BCUT2D eigenvalue weighted by atomic mass is 32.2. The predicted octanol–water partition coefficient (Wildman–Crippen LogP) is 0.971. The molecule has 0 spiro atoms. The van der Waals surface area contributed by atoms with Crippen LogP contribution in [-0.2, 0) is 10.0 Å². The molecule has 0 amide bonds. The Labute approximate surface area is 114 Å². The third-order valence-corrected chi connectivity index (χ3v) is 5.01. The number of nitrogens with one attached hydrogen (secondary N) is 2. The summed E-state index contributed by atoms with van der Waals surface area (Å²) in [5.74, 6) is 0.987. The van der Waals surface area contributed by atoms with Gasteiger partial charge >= 0.3 is 0 Å². The lowest BCUT2D eigenvalue weighted by Gasteiger charge is -2.29. The maximum atomic E-state index is 12.3. The van der Waals surface area contributed by atoms with Crippen LogP contribution < -0.4 is 14.8 Å². The summed E-state index contributed by atoms with van der Waals surface area (Å²) in [4.78, 5) is 0.270. The monoisotopic (exact) mass is 284 g/mol. The zero-order valence-electron chi connectivity index (χ0n) is 11.2. The second-order valence-corrected chi connectivity index (χ2v) is 6.59. The minimum absolute atomic E-state index is 0.0548. The molecule has 2 rings (SSSR count). The molecule has 1 heterocycles. The molecule has 19 heavy (non-hydrogen) atoms. The normalized spacial score (nSPS) is 24.1. The van der Waals surface area contributed by atoms with Gasteiger partial charge in [0.05, 0.1) is 12.0 Å². The number of ether oxygens (including phenoxy) is 1. The molecule has 0 saturated carbocycles. The van der Waals surface area contributed by atoms with E-state index in [9.17, 15) is 8.42 Å². The van der Waals surface area contributed by atoms with E-state index >= 15 is 0 Å². The summed E-state index contributed by atoms with van der Waals surface area (Å²) in [6.45, 7) is 3.69. The first-order chi connectivity index (χ1) is 9.03. The Kier molecular flexibility index (Phi) is 4.44. The van der Waals surface area contributed by atoms with Gasteiger partial charge in [-0.1, -0.05) is 6.92 Å². The summed E-state index contributed by atoms with van der Waals surface area (Å²) in [6, 6.07) is 6.36. The summed E-state index contributed by atoms with van der Waals surface area (Å²) in [6.07, 6.45) is 0.982. The standard InChI is InChI=1S/C13H20N2O3S/c1-10-7-8-14-9-13(10)15-19(16,17)12-5-3-11(18-2)4-6-12/h3-6,10,13-15H,7-9H2,1-2H3/t10-,13-/m0/s1. The fraction of sp³-hybridized carbons (Fsp3) is 0.538. The van der Waals surface area contributed by atoms with E-state index in [4.69, 9.17) is 4.74 Å². The summed E-state index contributed by atoms with van der Waals surface area (Å²) in [5.41, 5.74) is 0. The second kappa shape index (κ2) is 5.90. The van der Waals surface area contributed by atoms with Gasteiger partial charge in [-0.25, -0.2) is 13.1 Å². The van der Waals surface area contributed by atoms with E-state index in [1.165, 1.54) is 0 Å². The highest BCUT2D eigenvalue weighted by Crippen LogP contribution is 2.18. The van der Waals surface area contributed by atoms with E-state index in [1.54, 1.807) is 31.4 Å². The van der Waals surface area contributed by atoms with E-state index in [0.717, 1.165) is 13.0 Å². The first kappa shape index (κ1) is 14.3. The van der Waals surface area contributed by atoms with Gasteiger partial charge in [0.2, 0.25) is 10.0 Å². The summed E-state index contributed by atoms with van der Waals surface area (Å²) in [7, 11) is -1.91. The number of piperidine rings is 1. The Balaban J connectivity index is 2.12. The van der Waals surface area contributed by atoms with Gasteiger partial charge in [-0.05, 0) is 43.1 Å². The Morgan fingerprint density at radius 1 is 1.32 bits per heavy atom. The van der Waals surface area contributed by atoms with Crippen LogP contribution in [0.2, 0.25) is 0 Å². The van der Waals surface area contributed by atoms with Crippen molar-refractivity contribution in [3.63, 3.8) is 0 Å². The minimum Gasteiger partial charge on any atom is -0.497 e. The second-order valence-electron chi connectivity index (χ2n) is 4.87. The van der Waals surface area contributed by atoms with Crippen LogP contribution in [0.1, 0.15) is 13.3 Å². The Morgan fingerprint density at radius 2 is 2.00 bits per heavy atom. The number of benzene rings is 1. The molecule has 0 radical (unpaired) electrons. The van der Waals surface area contributed by atoms with Gasteiger partial charge in [-0.2, -0.15) is 0 Å². The van der Waals surface area contributed by atoms with Crippen LogP contribution >= 0.6 is 0 Å². The van der Waals surface area contributed by atoms with Gasteiger partial charge in [0.15, 0.2) is 0 Å². The summed E-state index contributed by atoms with van der Waals surface area (Å²) < 4.78 is 32.3. The van der Waals surface area contributed by atoms with E-state index in [0.29, 0.717) is 18.2 Å². The Bertz CT molecular complexity index is 513. The van der Waals surface area contributed by atoms with Gasteiger partial charge in [0.25, 0.3) is 0 Å². The maximum absolute atomic E-state index is 12.3. The third kappa shape index (κ3) is 3.46. The Morgan fingerprint density at radius 3 is 2.58 bits per heavy atom. The maximum Gasteiger partial charge on any atom is 0.240 e. The molecular weight excluding hydrogens is 264 g/mol. The minimum atomic E-state index is -3.46. The molecule has 5 nitrogen and oxygen atoms in total. The predicted molar refractivity (Wildman–Crippen MR) is 73.8 cm³/mol. The molecule has 1 fully saturated rings. The highest BCUT2D eigenvalue weighted by Gasteiger charge is 2.26. The number of methoxy groups -OCH3 is 1. The molecule has 1 aromatic carbocycles. The molecule has 0 aromatic heterocycles. The molecule has 2 N–H and O–H groups in total. The molecule has 2 atom stereocenters. The zero-order chi connectivity index (χ0) is 13.9. The van der Waals surface area contributed by atoms with Crippen molar-refractivity contribution in [3.05, 3.63) is 24.3 Å². The van der Waals surface area contributed by atoms with Crippen LogP contribution in [0.4, 0.5) is 0 Å². The molecule has 1 saturated heterocycles. The van der Waals surface area contributed by atoms with Crippen molar-refractivity contribution in [1.29, 1.82) is 0 Å². The zero-order valence-corrected chi connectivity index (χ0v) is 12.0. The number of rotatable bonds is 4. The van der Waals surface area contributed by atoms with Crippen molar-refractivity contribution >= 4 is 10.0 Å². The van der Waals surface area contributed by atoms with Gasteiger partial charge < -0.3 is 10.1 Å². The van der Waals surface area contributed by atoms with Crippen molar-refractivity contribution in [2.75, 3.05) is 20.2 Å². The van der Waals surface area contributed by atoms with Gasteiger partial charge in [0.1, 0.15) is 5.75 Å². The van der Waals surface area contributed by atoms with E-state index in [-0.39, 0.29) is 10.9 Å². The van der Waals surface area contributed by atoms with Crippen molar-refractivity contribution in [2.24, 2.45) is 5.92 Å². The first-order valence-corrected chi connectivity index (χ1v) is 7.88. The molecule has 0 bridgehead atoms. The van der Waals surface area contributed by atoms with Crippen LogP contribution in [-0.4, -0.2) is 34.7 Å². The average Bonchev–Trinajstić information content (AvgIpc) is 2.41. The van der Waals surface area contributed by atoms with Crippen LogP contribution in [0.3, 0.4) is 0 Å². The Hall–Kier alpha value is -1.11. The van der Waals surface area contributed by atoms with Gasteiger partial charge in [-0.3, -0.25) is 0 Å². The van der Waals surface area contributed by atoms with Crippen molar-refractivity contribution in [2.45, 2.75) is 24.3 Å². The lowest BCUT2D eigenvalue weighted by molar-refractivity contribution is 0.327. The SMILES string of the molecule is COc1ccc(S(=O)(=O)N[C@H]2CNCC[C@@H]2C)cc1. The topological polar surface area (TPSA) is 67.4 Å². The van der Waals surface area contributed by atoms with E-state index in [2.05, 4.69) is 17.0 Å². The van der Waals surface area contributed by atoms with Crippen molar-refractivity contribution < 1.29 is 13.2 Å². The molecule has 6 heteroatoms. The van der Waals surface area contributed by atoms with Crippen LogP contribution in [0, 0.1) is 5.92 Å². The van der Waals surface area contributed by atoms with Crippen molar-refractivity contribution in [3.8, 4) is 5.75 Å². The molecule has 1 aliphatic rings. The third-order valence-electron chi connectivity index (χ3n) is 3.50. The lowest BCUT2D eigenvalue weighted by atomic mass is 9.96. The average molecular weight is 284 g/mol. The fourth-order valence-electron chi connectivity index (χ4n) is 2.17. The highest BCUT2D eigenvalue weighted by molar-refractivity contribution is 7.89. The molecule has 1 aliphatic heterocycles. The molecule has 106 valence electrons. The van der Waals surface area contributed by atoms with Crippen molar-refractivity contribution in [1.82, 2.24) is 10.0 Å². The van der Waals surface area contributed by atoms with Crippen LogP contribution in [0.15, 0.2) is 29.2 Å². The largest absolute Gasteiger partial charge is 0.497 e. The smallest absolute Gasteiger partial charge is 0.240 e. The number of sulfonamides is 1. The van der Waals surface area contributed by atoms with E-state index in [1.807, 2.05) is 0 Å².